The number of hydrogen-bond acceptors (Lipinski definition) is 2. The number of nitrogens with zero attached hydrogens (tertiary/aromatic N) is 1. The van der Waals surface area contributed by atoms with E-state index >= 15 is 0 Å². The first-order chi connectivity index (χ1) is 7.97. The van der Waals surface area contributed by atoms with Crippen LogP contribution in [0.1, 0.15) is 25.7 Å². The zero-order chi connectivity index (χ0) is 12.2. The fraction of sp³-hybridized carbons (Fsp3) is 0.917. The van der Waals surface area contributed by atoms with Crippen LogP contribution >= 0.6 is 0 Å². The lowest BCUT2D eigenvalue weighted by Crippen LogP contribution is -2.50. The van der Waals surface area contributed by atoms with Gasteiger partial charge in [0, 0.05) is 37.9 Å². The Bertz CT molecular complexity index is 333. The molecule has 96 valence electrons. The summed E-state index contributed by atoms with van der Waals surface area (Å²) in [5, 5.41) is 0. The second kappa shape index (κ2) is 3.64. The van der Waals surface area contributed by atoms with Gasteiger partial charge in [-0.05, 0) is 24.7 Å². The van der Waals surface area contributed by atoms with Crippen LogP contribution in [0.3, 0.4) is 0 Å². The first-order valence-corrected chi connectivity index (χ1v) is 6.38. The lowest BCUT2D eigenvalue weighted by atomic mass is 9.93. The summed E-state index contributed by atoms with van der Waals surface area (Å²) in [4.78, 5) is 13.7. The van der Waals surface area contributed by atoms with E-state index in [1.54, 1.807) is 4.90 Å². The summed E-state index contributed by atoms with van der Waals surface area (Å²) < 4.78 is 25.5. The molecule has 0 spiro atoms. The van der Waals surface area contributed by atoms with Crippen LogP contribution in [-0.2, 0) is 4.79 Å². The fourth-order valence-electron chi connectivity index (χ4n) is 3.30. The molecule has 0 aromatic heterocycles. The highest BCUT2D eigenvalue weighted by molar-refractivity contribution is 5.77. The highest BCUT2D eigenvalue weighted by atomic mass is 19.3. The minimum atomic E-state index is -2.58. The van der Waals surface area contributed by atoms with E-state index < -0.39 is 11.8 Å². The predicted molar refractivity (Wildman–Crippen MR) is 58.4 cm³/mol. The molecule has 0 aromatic rings. The summed E-state index contributed by atoms with van der Waals surface area (Å²) in [5.74, 6) is -2.62. The molecule has 3 nitrogen and oxygen atoms in total. The number of carbonyl (C=O) groups excluding carboxylic acids is 1. The molecule has 1 heterocycles. The summed E-state index contributed by atoms with van der Waals surface area (Å²) in [6, 6.07) is 0.210. The number of fused-ring (bicyclic) bond motifs is 2. The Morgan fingerprint density at radius 2 is 1.82 bits per heavy atom. The second-order valence-electron chi connectivity index (χ2n) is 5.84. The summed E-state index contributed by atoms with van der Waals surface area (Å²) in [6.07, 6.45) is 2.06. The Hall–Kier alpha value is -0.710. The van der Waals surface area contributed by atoms with Crippen LogP contribution in [0.5, 0.6) is 0 Å². The van der Waals surface area contributed by atoms with Crippen LogP contribution in [0, 0.1) is 17.8 Å². The number of likely N-dealkylation sites (tertiary alicyclic amines) is 1. The van der Waals surface area contributed by atoms with Crippen molar-refractivity contribution in [2.45, 2.75) is 37.6 Å². The van der Waals surface area contributed by atoms with E-state index in [0.717, 1.165) is 12.8 Å². The molecule has 2 unspecified atom stereocenters. The number of rotatable bonds is 2. The molecule has 0 aromatic carbocycles. The van der Waals surface area contributed by atoms with Gasteiger partial charge in [-0.15, -0.1) is 0 Å². The number of amides is 1. The quantitative estimate of drug-likeness (QED) is 0.794. The minimum Gasteiger partial charge on any atom is -0.342 e. The van der Waals surface area contributed by atoms with Gasteiger partial charge in [0.2, 0.25) is 5.91 Å². The molecule has 3 fully saturated rings. The second-order valence-corrected chi connectivity index (χ2v) is 5.84. The maximum absolute atomic E-state index is 12.8. The Morgan fingerprint density at radius 1 is 1.29 bits per heavy atom. The lowest BCUT2D eigenvalue weighted by Gasteiger charge is -2.36. The van der Waals surface area contributed by atoms with E-state index in [9.17, 15) is 13.6 Å². The number of hydrogen-bond donors (Lipinski definition) is 1. The largest absolute Gasteiger partial charge is 0.342 e. The number of halogens is 2. The summed E-state index contributed by atoms with van der Waals surface area (Å²) in [6.45, 7) is 1.35. The summed E-state index contributed by atoms with van der Waals surface area (Å²) in [7, 11) is 0. The van der Waals surface area contributed by atoms with Gasteiger partial charge in [0.25, 0.3) is 5.92 Å². The zero-order valence-electron chi connectivity index (χ0n) is 9.74. The van der Waals surface area contributed by atoms with Crippen molar-refractivity contribution in [3.05, 3.63) is 0 Å². The predicted octanol–water partition coefficient (Wildman–Crippen LogP) is 1.23. The monoisotopic (exact) mass is 244 g/mol. The van der Waals surface area contributed by atoms with Gasteiger partial charge in [-0.2, -0.15) is 0 Å². The van der Waals surface area contributed by atoms with Gasteiger partial charge in [0.05, 0.1) is 0 Å². The molecule has 5 heteroatoms. The van der Waals surface area contributed by atoms with Gasteiger partial charge in [-0.25, -0.2) is 8.78 Å². The highest BCUT2D eigenvalue weighted by Gasteiger charge is 2.57. The molecule has 1 amide bonds. The third-order valence-corrected chi connectivity index (χ3v) is 4.64. The standard InChI is InChI=1S/C12H18F2N2O/c13-12(14)4-9(12)3-10(17)16-5-7-1-2-8(6-16)11(7)15/h7-9,11H,1-6,15H2/t7-,8+,9?,11?. The Kier molecular flexibility index (Phi) is 2.44. The first kappa shape index (κ1) is 11.4. The molecular weight excluding hydrogens is 226 g/mol. The molecule has 2 N–H and O–H groups in total. The number of carbonyl (C=O) groups is 1. The molecule has 3 rings (SSSR count). The van der Waals surface area contributed by atoms with Gasteiger partial charge in [0.15, 0.2) is 0 Å². The molecule has 2 saturated carbocycles. The Labute approximate surface area is 99.3 Å². The van der Waals surface area contributed by atoms with Crippen LogP contribution < -0.4 is 5.73 Å². The van der Waals surface area contributed by atoms with Gasteiger partial charge in [0.1, 0.15) is 0 Å². The third-order valence-electron chi connectivity index (χ3n) is 4.64. The van der Waals surface area contributed by atoms with Crippen LogP contribution in [0.4, 0.5) is 8.78 Å². The van der Waals surface area contributed by atoms with E-state index in [0.29, 0.717) is 24.9 Å². The van der Waals surface area contributed by atoms with Gasteiger partial charge in [-0.1, -0.05) is 0 Å². The number of nitrogens with two attached hydrogens (primary N) is 1. The molecule has 1 saturated heterocycles. The van der Waals surface area contributed by atoms with Crippen molar-refractivity contribution in [3.63, 3.8) is 0 Å². The minimum absolute atomic E-state index is 0.0156. The van der Waals surface area contributed by atoms with E-state index in [-0.39, 0.29) is 24.8 Å². The number of piperidine rings is 1. The van der Waals surface area contributed by atoms with Crippen LogP contribution in [-0.4, -0.2) is 35.9 Å². The van der Waals surface area contributed by atoms with E-state index in [2.05, 4.69) is 0 Å². The van der Waals surface area contributed by atoms with Gasteiger partial charge >= 0.3 is 0 Å². The fourth-order valence-corrected chi connectivity index (χ4v) is 3.30. The van der Waals surface area contributed by atoms with Crippen LogP contribution in [0.15, 0.2) is 0 Å². The van der Waals surface area contributed by atoms with E-state index in [1.165, 1.54) is 0 Å². The molecule has 1 aliphatic heterocycles. The molecule has 2 bridgehead atoms. The maximum Gasteiger partial charge on any atom is 0.252 e. The van der Waals surface area contributed by atoms with Crippen molar-refractivity contribution >= 4 is 5.91 Å². The Balaban J connectivity index is 1.57. The van der Waals surface area contributed by atoms with Crippen molar-refractivity contribution in [3.8, 4) is 0 Å². The van der Waals surface area contributed by atoms with Crippen molar-refractivity contribution < 1.29 is 13.6 Å². The number of alkyl halides is 2. The Morgan fingerprint density at radius 3 is 2.29 bits per heavy atom. The topological polar surface area (TPSA) is 46.3 Å². The molecular formula is C12H18F2N2O. The molecule has 17 heavy (non-hydrogen) atoms. The van der Waals surface area contributed by atoms with Crippen molar-refractivity contribution in [1.29, 1.82) is 0 Å². The highest BCUT2D eigenvalue weighted by Crippen LogP contribution is 2.51. The average Bonchev–Trinajstić information content (AvgIpc) is 2.82. The van der Waals surface area contributed by atoms with Crippen molar-refractivity contribution in [2.75, 3.05) is 13.1 Å². The third kappa shape index (κ3) is 1.94. The van der Waals surface area contributed by atoms with Crippen LogP contribution in [0.25, 0.3) is 0 Å². The first-order valence-electron chi connectivity index (χ1n) is 6.38. The van der Waals surface area contributed by atoms with Crippen molar-refractivity contribution in [1.82, 2.24) is 4.90 Å². The lowest BCUT2D eigenvalue weighted by molar-refractivity contribution is -0.134. The van der Waals surface area contributed by atoms with E-state index in [4.69, 9.17) is 5.73 Å². The summed E-state index contributed by atoms with van der Waals surface area (Å²) in [5.41, 5.74) is 6.05. The molecule has 2 aliphatic carbocycles. The van der Waals surface area contributed by atoms with Crippen LogP contribution in [0.2, 0.25) is 0 Å². The molecule has 0 radical (unpaired) electrons. The van der Waals surface area contributed by atoms with Crippen molar-refractivity contribution in [2.24, 2.45) is 23.5 Å². The van der Waals surface area contributed by atoms with E-state index in [1.807, 2.05) is 0 Å². The normalized spacial score (nSPS) is 42.6. The zero-order valence-corrected chi connectivity index (χ0v) is 9.74. The van der Waals surface area contributed by atoms with Gasteiger partial charge in [-0.3, -0.25) is 4.79 Å². The van der Waals surface area contributed by atoms with Gasteiger partial charge < -0.3 is 10.6 Å². The average molecular weight is 244 g/mol. The molecule has 3 aliphatic rings. The maximum atomic E-state index is 12.8. The molecule has 4 atom stereocenters. The smallest absolute Gasteiger partial charge is 0.252 e. The summed E-state index contributed by atoms with van der Waals surface area (Å²) >= 11 is 0. The SMILES string of the molecule is NC1[C@@H]2CC[C@H]1CN(C(=O)CC1CC1(F)F)C2.